The Morgan fingerprint density at radius 3 is 2.50 bits per heavy atom. The van der Waals surface area contributed by atoms with Gasteiger partial charge in [-0.05, 0) is 44.1 Å². The second-order valence-electron chi connectivity index (χ2n) is 7.91. The topological polar surface area (TPSA) is 90.9 Å². The molecule has 2 aliphatic rings. The lowest BCUT2D eigenvalue weighted by molar-refractivity contribution is -0.139. The molecule has 7 nitrogen and oxygen atoms in total. The second kappa shape index (κ2) is 10.1. The molecular weight excluding hydrogens is 334 g/mol. The van der Waals surface area contributed by atoms with Crippen LogP contribution in [0.2, 0.25) is 0 Å². The van der Waals surface area contributed by atoms with Gasteiger partial charge < -0.3 is 20.5 Å². The number of aliphatic carboxylic acids is 1. The first-order chi connectivity index (χ1) is 12.5. The fourth-order valence-electron chi connectivity index (χ4n) is 4.32. The maximum absolute atomic E-state index is 12.3. The van der Waals surface area contributed by atoms with E-state index < -0.39 is 5.97 Å². The first kappa shape index (κ1) is 21.0. The van der Waals surface area contributed by atoms with Crippen molar-refractivity contribution in [1.82, 2.24) is 15.5 Å². The molecule has 0 heterocycles. The number of hydrogen-bond donors (Lipinski definition) is 3. The van der Waals surface area contributed by atoms with Gasteiger partial charge >= 0.3 is 12.0 Å². The van der Waals surface area contributed by atoms with Crippen molar-refractivity contribution in [2.75, 3.05) is 33.4 Å². The molecule has 0 aromatic carbocycles. The Balaban J connectivity index is 1.71. The Kier molecular flexibility index (Phi) is 8.15. The minimum Gasteiger partial charge on any atom is -0.480 e. The lowest BCUT2D eigenvalue weighted by Crippen LogP contribution is -2.57. The molecule has 3 N–H and O–H groups in total. The molecule has 2 fully saturated rings. The average molecular weight is 370 g/mol. The second-order valence-corrected chi connectivity index (χ2v) is 7.91. The van der Waals surface area contributed by atoms with Gasteiger partial charge in [0.1, 0.15) is 0 Å². The summed E-state index contributed by atoms with van der Waals surface area (Å²) in [5.74, 6) is -0.796. The molecule has 2 amide bonds. The lowest BCUT2D eigenvalue weighted by atomic mass is 9.72. The van der Waals surface area contributed by atoms with E-state index in [-0.39, 0.29) is 30.1 Å². The first-order valence-electron chi connectivity index (χ1n) is 9.97. The molecule has 0 saturated heterocycles. The first-order valence-corrected chi connectivity index (χ1v) is 9.97. The zero-order valence-electron chi connectivity index (χ0n) is 16.3. The number of urea groups is 1. The summed E-state index contributed by atoms with van der Waals surface area (Å²) in [5.41, 5.74) is 0.175. The van der Waals surface area contributed by atoms with Gasteiger partial charge in [-0.2, -0.15) is 0 Å². The molecule has 150 valence electrons. The number of hydrogen-bond acceptors (Lipinski definition) is 4. The number of carboxylic acids is 1. The number of rotatable bonds is 10. The van der Waals surface area contributed by atoms with Crippen LogP contribution in [0.15, 0.2) is 0 Å². The summed E-state index contributed by atoms with van der Waals surface area (Å²) in [5, 5.41) is 15.1. The van der Waals surface area contributed by atoms with Gasteiger partial charge in [-0.15, -0.1) is 0 Å². The maximum Gasteiger partial charge on any atom is 0.317 e. The largest absolute Gasteiger partial charge is 0.480 e. The normalized spacial score (nSPS) is 24.7. The van der Waals surface area contributed by atoms with E-state index in [2.05, 4.69) is 10.6 Å². The van der Waals surface area contributed by atoms with Crippen molar-refractivity contribution in [2.24, 2.45) is 5.41 Å². The third-order valence-corrected chi connectivity index (χ3v) is 6.08. The minimum absolute atomic E-state index is 0.0715. The highest BCUT2D eigenvalue weighted by atomic mass is 16.5. The smallest absolute Gasteiger partial charge is 0.317 e. The van der Waals surface area contributed by atoms with E-state index in [1.807, 2.05) is 11.8 Å². The highest BCUT2D eigenvalue weighted by molar-refractivity contribution is 5.74. The summed E-state index contributed by atoms with van der Waals surface area (Å²) in [6.45, 7) is 4.21. The molecule has 7 heteroatoms. The van der Waals surface area contributed by atoms with Gasteiger partial charge in [0.2, 0.25) is 0 Å². The van der Waals surface area contributed by atoms with Gasteiger partial charge in [0, 0.05) is 32.3 Å². The van der Waals surface area contributed by atoms with Crippen LogP contribution in [0.4, 0.5) is 4.79 Å². The van der Waals surface area contributed by atoms with Gasteiger partial charge in [0.25, 0.3) is 0 Å². The van der Waals surface area contributed by atoms with Crippen LogP contribution in [0.5, 0.6) is 0 Å². The summed E-state index contributed by atoms with van der Waals surface area (Å²) < 4.78 is 5.26. The molecule has 0 bridgehead atoms. The van der Waals surface area contributed by atoms with Crippen LogP contribution in [-0.2, 0) is 9.53 Å². The van der Waals surface area contributed by atoms with E-state index in [1.165, 1.54) is 19.3 Å². The molecule has 0 radical (unpaired) electrons. The Morgan fingerprint density at radius 1 is 1.23 bits per heavy atom. The number of nitrogens with zero attached hydrogens (tertiary/aromatic N) is 1. The Morgan fingerprint density at radius 2 is 1.92 bits per heavy atom. The van der Waals surface area contributed by atoms with Crippen molar-refractivity contribution in [3.63, 3.8) is 0 Å². The number of methoxy groups -OCH3 is 1. The van der Waals surface area contributed by atoms with Crippen LogP contribution < -0.4 is 10.6 Å². The molecule has 0 unspecified atom stereocenters. The van der Waals surface area contributed by atoms with Crippen LogP contribution in [-0.4, -0.2) is 67.4 Å². The molecule has 0 aliphatic heterocycles. The monoisotopic (exact) mass is 369 g/mol. The standard InChI is InChI=1S/C19H35N3O4/c1-3-22(13-17(23)24)16-11-15(12-16)21-18(25)20-14-19(9-10-26-2)7-5-4-6-8-19/h15-16H,3-14H2,1-2H3,(H,23,24)(H2,20,21,25). The van der Waals surface area contributed by atoms with E-state index >= 15 is 0 Å². The minimum atomic E-state index is -0.796. The van der Waals surface area contributed by atoms with Crippen molar-refractivity contribution in [1.29, 1.82) is 0 Å². The van der Waals surface area contributed by atoms with Gasteiger partial charge in [-0.1, -0.05) is 26.2 Å². The van der Waals surface area contributed by atoms with Crippen LogP contribution in [0.3, 0.4) is 0 Å². The summed E-state index contributed by atoms with van der Waals surface area (Å²) >= 11 is 0. The molecule has 0 atom stereocenters. The summed E-state index contributed by atoms with van der Waals surface area (Å²) in [7, 11) is 1.73. The van der Waals surface area contributed by atoms with Crippen molar-refractivity contribution >= 4 is 12.0 Å². The predicted molar refractivity (Wildman–Crippen MR) is 100 cm³/mol. The molecule has 2 saturated carbocycles. The Labute approximate surface area is 156 Å². The number of amides is 2. The summed E-state index contributed by atoms with van der Waals surface area (Å²) in [4.78, 5) is 25.1. The molecule has 2 rings (SSSR count). The molecule has 0 spiro atoms. The highest BCUT2D eigenvalue weighted by Crippen LogP contribution is 2.38. The SMILES string of the molecule is CCN(CC(=O)O)C1CC(NC(=O)NCC2(CCOC)CCCCC2)C1. The van der Waals surface area contributed by atoms with E-state index in [0.717, 1.165) is 45.3 Å². The van der Waals surface area contributed by atoms with Crippen molar-refractivity contribution < 1.29 is 19.4 Å². The summed E-state index contributed by atoms with van der Waals surface area (Å²) in [6, 6.07) is 0.300. The Bertz CT molecular complexity index is 460. The molecule has 0 aromatic rings. The lowest BCUT2D eigenvalue weighted by Gasteiger charge is -2.42. The number of ether oxygens (including phenoxy) is 1. The predicted octanol–water partition coefficient (Wildman–Crippen LogP) is 2.21. The fourth-order valence-corrected chi connectivity index (χ4v) is 4.32. The maximum atomic E-state index is 12.3. The molecular formula is C19H35N3O4. The quantitative estimate of drug-likeness (QED) is 0.549. The van der Waals surface area contributed by atoms with Crippen LogP contribution in [0.25, 0.3) is 0 Å². The Hall–Kier alpha value is -1.34. The zero-order chi connectivity index (χ0) is 19.0. The molecule has 2 aliphatic carbocycles. The highest BCUT2D eigenvalue weighted by Gasteiger charge is 2.36. The van der Waals surface area contributed by atoms with Gasteiger partial charge in [-0.3, -0.25) is 9.69 Å². The van der Waals surface area contributed by atoms with Crippen LogP contribution in [0, 0.1) is 5.41 Å². The van der Waals surface area contributed by atoms with Gasteiger partial charge in [0.15, 0.2) is 0 Å². The van der Waals surface area contributed by atoms with Crippen LogP contribution in [0.1, 0.15) is 58.3 Å². The van der Waals surface area contributed by atoms with E-state index in [0.29, 0.717) is 6.54 Å². The van der Waals surface area contributed by atoms with Gasteiger partial charge in [0.05, 0.1) is 6.54 Å². The van der Waals surface area contributed by atoms with E-state index in [1.54, 1.807) is 7.11 Å². The average Bonchev–Trinajstić information content (AvgIpc) is 2.60. The van der Waals surface area contributed by atoms with Crippen molar-refractivity contribution in [3.05, 3.63) is 0 Å². The number of carbonyl (C=O) groups is 2. The molecule has 0 aromatic heterocycles. The number of nitrogens with one attached hydrogen (secondary N) is 2. The van der Waals surface area contributed by atoms with E-state index in [9.17, 15) is 9.59 Å². The number of carboxylic acid groups (broad SMARTS) is 1. The van der Waals surface area contributed by atoms with Crippen molar-refractivity contribution in [2.45, 2.75) is 70.4 Å². The van der Waals surface area contributed by atoms with Crippen molar-refractivity contribution in [3.8, 4) is 0 Å². The third kappa shape index (κ3) is 6.13. The number of likely N-dealkylation sites (N-methyl/N-ethyl adjacent to an activating group) is 1. The van der Waals surface area contributed by atoms with Gasteiger partial charge in [-0.25, -0.2) is 4.79 Å². The van der Waals surface area contributed by atoms with Crippen LogP contribution >= 0.6 is 0 Å². The van der Waals surface area contributed by atoms with E-state index in [4.69, 9.17) is 9.84 Å². The molecule has 26 heavy (non-hydrogen) atoms. The zero-order valence-corrected chi connectivity index (χ0v) is 16.3. The third-order valence-electron chi connectivity index (χ3n) is 6.08. The fraction of sp³-hybridized carbons (Fsp3) is 0.895. The number of carbonyl (C=O) groups excluding carboxylic acids is 1. The summed E-state index contributed by atoms with van der Waals surface area (Å²) in [6.07, 6.45) is 8.70.